The molecule has 2 N–H and O–H groups in total. The number of hydrogen-bond acceptors (Lipinski definition) is 6. The lowest BCUT2D eigenvalue weighted by Crippen LogP contribution is -2.27. The molecule has 2 heterocycles. The summed E-state index contributed by atoms with van der Waals surface area (Å²) in [4.78, 5) is 32.0. The molecule has 0 aliphatic carbocycles. The van der Waals surface area contributed by atoms with Gasteiger partial charge in [-0.05, 0) is 26.8 Å². The molecule has 0 aromatic carbocycles. The Kier molecular flexibility index (Phi) is 5.48. The van der Waals surface area contributed by atoms with Gasteiger partial charge in [-0.3, -0.25) is 14.9 Å². The zero-order chi connectivity index (χ0) is 18.6. The Morgan fingerprint density at radius 3 is 2.60 bits per heavy atom. The summed E-state index contributed by atoms with van der Waals surface area (Å²) >= 11 is 0. The molecule has 2 rings (SSSR count). The molecule has 9 nitrogen and oxygen atoms in total. The van der Waals surface area contributed by atoms with E-state index in [0.29, 0.717) is 23.6 Å². The Morgan fingerprint density at radius 2 is 2.00 bits per heavy atom. The standard InChI is InChI=1S/C16H23N5O4/c1-16(2,3)25-15(23)17-11-6-12(20(4)7-11)10-24-19-13-8-21(5)14(9-22)18-13/h6-9,19H,10H2,1-5H3,(H,17,23). The average Bonchev–Trinajstić information content (AvgIpc) is 2.99. The molecule has 0 radical (unpaired) electrons. The second-order valence-corrected chi connectivity index (χ2v) is 6.56. The maximum atomic E-state index is 11.8. The highest BCUT2D eigenvalue weighted by Crippen LogP contribution is 2.16. The first-order valence-electron chi connectivity index (χ1n) is 7.69. The van der Waals surface area contributed by atoms with Crippen LogP contribution < -0.4 is 10.8 Å². The lowest BCUT2D eigenvalue weighted by Gasteiger charge is -2.19. The normalized spacial score (nSPS) is 11.2. The maximum absolute atomic E-state index is 11.8. The predicted octanol–water partition coefficient (Wildman–Crippen LogP) is 2.46. The van der Waals surface area contributed by atoms with Crippen molar-refractivity contribution in [2.45, 2.75) is 33.0 Å². The number of hydrogen-bond donors (Lipinski definition) is 2. The SMILES string of the molecule is Cn1cc(NC(=O)OC(C)(C)C)cc1CONc1cn(C)c(C=O)n1. The Morgan fingerprint density at radius 1 is 1.28 bits per heavy atom. The van der Waals surface area contributed by atoms with Crippen molar-refractivity contribution >= 4 is 23.9 Å². The van der Waals surface area contributed by atoms with Gasteiger partial charge in [0.15, 0.2) is 17.9 Å². The molecule has 0 saturated heterocycles. The molecule has 1 amide bonds. The number of nitrogens with zero attached hydrogens (tertiary/aromatic N) is 3. The summed E-state index contributed by atoms with van der Waals surface area (Å²) in [5, 5.41) is 2.67. The summed E-state index contributed by atoms with van der Waals surface area (Å²) in [6.45, 7) is 5.64. The molecule has 136 valence electrons. The van der Waals surface area contributed by atoms with E-state index in [2.05, 4.69) is 15.8 Å². The smallest absolute Gasteiger partial charge is 0.412 e. The molecule has 0 unspecified atom stereocenters. The minimum atomic E-state index is -0.558. The van der Waals surface area contributed by atoms with Crippen LogP contribution in [0, 0.1) is 0 Å². The van der Waals surface area contributed by atoms with E-state index in [4.69, 9.17) is 9.57 Å². The Balaban J connectivity index is 1.89. The average molecular weight is 349 g/mol. The van der Waals surface area contributed by atoms with Gasteiger partial charge < -0.3 is 13.9 Å². The maximum Gasteiger partial charge on any atom is 0.412 e. The van der Waals surface area contributed by atoms with Gasteiger partial charge in [-0.15, -0.1) is 0 Å². The summed E-state index contributed by atoms with van der Waals surface area (Å²) in [5.74, 6) is 0.736. The summed E-state index contributed by atoms with van der Waals surface area (Å²) < 4.78 is 8.62. The fourth-order valence-corrected chi connectivity index (χ4v) is 2.07. The van der Waals surface area contributed by atoms with Crippen LogP contribution in [0.4, 0.5) is 16.3 Å². The lowest BCUT2D eigenvalue weighted by molar-refractivity contribution is 0.0636. The first-order chi connectivity index (χ1) is 11.7. The van der Waals surface area contributed by atoms with Gasteiger partial charge in [-0.25, -0.2) is 15.3 Å². The van der Waals surface area contributed by atoms with Crippen molar-refractivity contribution in [2.24, 2.45) is 14.1 Å². The summed E-state index contributed by atoms with van der Waals surface area (Å²) in [7, 11) is 3.55. The van der Waals surface area contributed by atoms with E-state index in [9.17, 15) is 9.59 Å². The first kappa shape index (κ1) is 18.5. The van der Waals surface area contributed by atoms with Gasteiger partial charge >= 0.3 is 6.09 Å². The van der Waals surface area contributed by atoms with Crippen molar-refractivity contribution in [3.63, 3.8) is 0 Å². The van der Waals surface area contributed by atoms with Gasteiger partial charge in [0, 0.05) is 32.2 Å². The molecular formula is C16H23N5O4. The van der Waals surface area contributed by atoms with Gasteiger partial charge in [0.25, 0.3) is 0 Å². The topological polar surface area (TPSA) is 99.4 Å². The third-order valence-electron chi connectivity index (χ3n) is 3.17. The van der Waals surface area contributed by atoms with Crippen molar-refractivity contribution in [1.82, 2.24) is 14.1 Å². The number of carbonyl (C=O) groups is 2. The van der Waals surface area contributed by atoms with Crippen LogP contribution in [0.25, 0.3) is 0 Å². The van der Waals surface area contributed by atoms with E-state index in [1.165, 1.54) is 0 Å². The number of aryl methyl sites for hydroxylation is 2. The highest BCUT2D eigenvalue weighted by Gasteiger charge is 2.17. The van der Waals surface area contributed by atoms with Crippen molar-refractivity contribution in [2.75, 3.05) is 10.8 Å². The molecular weight excluding hydrogens is 326 g/mol. The molecule has 0 saturated carbocycles. The molecule has 2 aromatic rings. The van der Waals surface area contributed by atoms with Crippen molar-refractivity contribution in [3.05, 3.63) is 30.0 Å². The molecule has 0 bridgehead atoms. The van der Waals surface area contributed by atoms with Crippen LogP contribution in [0.5, 0.6) is 0 Å². The number of carbonyl (C=O) groups excluding carboxylic acids is 2. The summed E-state index contributed by atoms with van der Waals surface area (Å²) in [6.07, 6.45) is 3.55. The molecule has 0 aliphatic heterocycles. The van der Waals surface area contributed by atoms with Gasteiger partial charge in [-0.2, -0.15) is 0 Å². The van der Waals surface area contributed by atoms with E-state index in [1.807, 2.05) is 11.6 Å². The molecule has 2 aromatic heterocycles. The predicted molar refractivity (Wildman–Crippen MR) is 92.3 cm³/mol. The van der Waals surface area contributed by atoms with E-state index in [-0.39, 0.29) is 6.61 Å². The van der Waals surface area contributed by atoms with Gasteiger partial charge in [0.1, 0.15) is 12.2 Å². The van der Waals surface area contributed by atoms with Crippen LogP contribution in [-0.2, 0) is 30.3 Å². The number of anilines is 2. The van der Waals surface area contributed by atoms with Crippen LogP contribution in [0.15, 0.2) is 18.5 Å². The van der Waals surface area contributed by atoms with Gasteiger partial charge in [-0.1, -0.05) is 0 Å². The van der Waals surface area contributed by atoms with Crippen molar-refractivity contribution in [1.29, 1.82) is 0 Å². The molecule has 25 heavy (non-hydrogen) atoms. The van der Waals surface area contributed by atoms with Crippen LogP contribution in [0.3, 0.4) is 0 Å². The third kappa shape index (κ3) is 5.35. The van der Waals surface area contributed by atoms with E-state index in [0.717, 1.165) is 5.69 Å². The van der Waals surface area contributed by atoms with E-state index < -0.39 is 11.7 Å². The lowest BCUT2D eigenvalue weighted by atomic mass is 10.2. The fourth-order valence-electron chi connectivity index (χ4n) is 2.07. The summed E-state index contributed by atoms with van der Waals surface area (Å²) in [5.41, 5.74) is 3.56. The van der Waals surface area contributed by atoms with Crippen LogP contribution in [-0.4, -0.2) is 32.1 Å². The molecule has 0 fully saturated rings. The fraction of sp³-hybridized carbons (Fsp3) is 0.438. The number of aromatic nitrogens is 3. The minimum absolute atomic E-state index is 0.236. The van der Waals surface area contributed by atoms with Crippen molar-refractivity contribution in [3.8, 4) is 0 Å². The number of imidazole rings is 1. The molecule has 0 spiro atoms. The second kappa shape index (κ2) is 7.39. The van der Waals surface area contributed by atoms with Crippen LogP contribution in [0.2, 0.25) is 0 Å². The highest BCUT2D eigenvalue weighted by atomic mass is 16.6. The number of amides is 1. The molecule has 0 aliphatic rings. The molecule has 9 heteroatoms. The zero-order valence-corrected chi connectivity index (χ0v) is 15.0. The van der Waals surface area contributed by atoms with E-state index >= 15 is 0 Å². The minimum Gasteiger partial charge on any atom is -0.444 e. The first-order valence-corrected chi connectivity index (χ1v) is 7.69. The van der Waals surface area contributed by atoms with E-state index in [1.54, 1.807) is 50.8 Å². The Labute approximate surface area is 145 Å². The monoisotopic (exact) mass is 349 g/mol. The number of rotatable bonds is 6. The summed E-state index contributed by atoms with van der Waals surface area (Å²) in [6, 6.07) is 1.78. The quantitative estimate of drug-likeness (QED) is 0.614. The Bertz CT molecular complexity index is 757. The Hall–Kier alpha value is -2.81. The second-order valence-electron chi connectivity index (χ2n) is 6.56. The number of ether oxygens (including phenoxy) is 1. The largest absolute Gasteiger partial charge is 0.444 e. The number of aldehydes is 1. The highest BCUT2D eigenvalue weighted by molar-refractivity contribution is 5.84. The zero-order valence-electron chi connectivity index (χ0n) is 15.0. The third-order valence-corrected chi connectivity index (χ3v) is 3.17. The molecule has 0 atom stereocenters. The van der Waals surface area contributed by atoms with Gasteiger partial charge in [0.2, 0.25) is 0 Å². The van der Waals surface area contributed by atoms with Crippen LogP contribution >= 0.6 is 0 Å². The van der Waals surface area contributed by atoms with Crippen molar-refractivity contribution < 1.29 is 19.2 Å². The number of nitrogens with one attached hydrogen (secondary N) is 2. The van der Waals surface area contributed by atoms with Crippen LogP contribution in [0.1, 0.15) is 37.1 Å². The van der Waals surface area contributed by atoms with Gasteiger partial charge in [0.05, 0.1) is 5.69 Å².